The number of carbonyl (C=O) groups excluding carboxylic acids is 1. The van der Waals surface area contributed by atoms with Gasteiger partial charge in [0.1, 0.15) is 0 Å². The Bertz CT molecular complexity index is 525. The van der Waals surface area contributed by atoms with Gasteiger partial charge in [0.05, 0.1) is 17.4 Å². The maximum Gasteiger partial charge on any atom is 0.313 e. The number of ether oxygens (including phenoxy) is 1. The fraction of sp³-hybridized carbons (Fsp3) is 0.579. The van der Waals surface area contributed by atoms with Crippen LogP contribution in [0.15, 0.2) is 30.3 Å². The first-order valence-electron chi connectivity index (χ1n) is 8.26. The van der Waals surface area contributed by atoms with Crippen molar-refractivity contribution >= 4 is 11.9 Å². The van der Waals surface area contributed by atoms with Gasteiger partial charge in [-0.2, -0.15) is 0 Å². The minimum atomic E-state index is -1.13. The average Bonchev–Trinajstić information content (AvgIpc) is 2.55. The summed E-state index contributed by atoms with van der Waals surface area (Å²) in [5, 5.41) is 9.79. The first-order valence-corrected chi connectivity index (χ1v) is 8.26. The van der Waals surface area contributed by atoms with Crippen molar-refractivity contribution < 1.29 is 19.4 Å². The molecule has 128 valence electrons. The lowest BCUT2D eigenvalue weighted by atomic mass is 9.68. The molecule has 0 aliphatic carbocycles. The van der Waals surface area contributed by atoms with Gasteiger partial charge in [0.25, 0.3) is 0 Å². The molecule has 1 rings (SSSR count). The molecule has 0 radical (unpaired) electrons. The van der Waals surface area contributed by atoms with Crippen LogP contribution in [-0.4, -0.2) is 23.7 Å². The van der Waals surface area contributed by atoms with Gasteiger partial charge in [0.2, 0.25) is 0 Å². The molecule has 0 fully saturated rings. The standard InChI is InChI=1S/C19H28O4/c1-5-7-13-23-17(22)18(3,6-2)14-19(4,16(20)21)15-11-9-8-10-12-15/h8-12H,5-7,13-14H2,1-4H3,(H,20,21). The van der Waals surface area contributed by atoms with E-state index < -0.39 is 16.8 Å². The molecule has 4 nitrogen and oxygen atoms in total. The number of hydrogen-bond acceptors (Lipinski definition) is 3. The van der Waals surface area contributed by atoms with Gasteiger partial charge in [-0.15, -0.1) is 0 Å². The topological polar surface area (TPSA) is 63.6 Å². The minimum Gasteiger partial charge on any atom is -0.481 e. The predicted octanol–water partition coefficient (Wildman–Crippen LogP) is 4.18. The Kier molecular flexibility index (Phi) is 6.79. The van der Waals surface area contributed by atoms with E-state index in [-0.39, 0.29) is 12.4 Å². The molecule has 0 amide bonds. The average molecular weight is 320 g/mol. The van der Waals surface area contributed by atoms with Gasteiger partial charge in [-0.25, -0.2) is 0 Å². The lowest BCUT2D eigenvalue weighted by molar-refractivity contribution is -0.158. The fourth-order valence-electron chi connectivity index (χ4n) is 2.71. The summed E-state index contributed by atoms with van der Waals surface area (Å²) in [6, 6.07) is 9.09. The smallest absolute Gasteiger partial charge is 0.313 e. The third-order valence-electron chi connectivity index (χ3n) is 4.63. The van der Waals surface area contributed by atoms with Crippen LogP contribution in [0.25, 0.3) is 0 Å². The molecule has 1 N–H and O–H groups in total. The van der Waals surface area contributed by atoms with Crippen molar-refractivity contribution in [1.29, 1.82) is 0 Å². The second-order valence-corrected chi connectivity index (χ2v) is 6.58. The summed E-state index contributed by atoms with van der Waals surface area (Å²) in [4.78, 5) is 24.4. The number of carbonyl (C=O) groups is 2. The second-order valence-electron chi connectivity index (χ2n) is 6.58. The highest BCUT2D eigenvalue weighted by Gasteiger charge is 2.45. The Labute approximate surface area is 138 Å². The molecule has 2 unspecified atom stereocenters. The summed E-state index contributed by atoms with van der Waals surface area (Å²) < 4.78 is 5.37. The van der Waals surface area contributed by atoms with Gasteiger partial charge in [0.15, 0.2) is 0 Å². The van der Waals surface area contributed by atoms with Crippen molar-refractivity contribution in [2.75, 3.05) is 6.61 Å². The predicted molar refractivity (Wildman–Crippen MR) is 90.3 cm³/mol. The lowest BCUT2D eigenvalue weighted by Gasteiger charge is -2.35. The molecule has 0 saturated carbocycles. The lowest BCUT2D eigenvalue weighted by Crippen LogP contribution is -2.42. The van der Waals surface area contributed by atoms with Gasteiger partial charge in [0, 0.05) is 0 Å². The Morgan fingerprint density at radius 2 is 1.74 bits per heavy atom. The van der Waals surface area contributed by atoms with E-state index in [0.29, 0.717) is 18.6 Å². The molecule has 1 aromatic carbocycles. The normalized spacial score (nSPS) is 16.2. The minimum absolute atomic E-state index is 0.209. The molecule has 0 bridgehead atoms. The van der Waals surface area contributed by atoms with Crippen LogP contribution >= 0.6 is 0 Å². The second kappa shape index (κ2) is 8.14. The van der Waals surface area contributed by atoms with Crippen LogP contribution in [0, 0.1) is 5.41 Å². The van der Waals surface area contributed by atoms with E-state index in [1.807, 2.05) is 32.0 Å². The quantitative estimate of drug-likeness (QED) is 0.547. The SMILES string of the molecule is CCCCOC(=O)C(C)(CC)CC(C)(C(=O)O)c1ccccc1. The van der Waals surface area contributed by atoms with Gasteiger partial charge >= 0.3 is 11.9 Å². The molecule has 0 heterocycles. The number of carboxylic acids is 1. The number of esters is 1. The number of aliphatic carboxylic acids is 1. The summed E-state index contributed by atoms with van der Waals surface area (Å²) >= 11 is 0. The zero-order chi connectivity index (χ0) is 17.5. The molecule has 23 heavy (non-hydrogen) atoms. The van der Waals surface area contributed by atoms with Gasteiger partial charge < -0.3 is 9.84 Å². The van der Waals surface area contributed by atoms with E-state index in [2.05, 4.69) is 0 Å². The fourth-order valence-corrected chi connectivity index (χ4v) is 2.71. The van der Waals surface area contributed by atoms with Crippen molar-refractivity contribution in [3.8, 4) is 0 Å². The van der Waals surface area contributed by atoms with Crippen molar-refractivity contribution in [3.63, 3.8) is 0 Å². The van der Waals surface area contributed by atoms with Crippen LogP contribution in [-0.2, 0) is 19.7 Å². The molecular formula is C19H28O4. The molecule has 2 atom stereocenters. The number of benzene rings is 1. The summed E-state index contributed by atoms with van der Waals surface area (Å²) in [7, 11) is 0. The monoisotopic (exact) mass is 320 g/mol. The number of carboxylic acid groups (broad SMARTS) is 1. The van der Waals surface area contributed by atoms with Crippen LogP contribution < -0.4 is 0 Å². The Morgan fingerprint density at radius 3 is 2.22 bits per heavy atom. The summed E-state index contributed by atoms with van der Waals surface area (Å²) in [5.74, 6) is -1.23. The molecule has 1 aromatic rings. The summed E-state index contributed by atoms with van der Waals surface area (Å²) in [6.07, 6.45) is 2.52. The number of unbranched alkanes of at least 4 members (excludes halogenated alkanes) is 1. The Morgan fingerprint density at radius 1 is 1.13 bits per heavy atom. The van der Waals surface area contributed by atoms with Crippen molar-refractivity contribution in [2.24, 2.45) is 5.41 Å². The van der Waals surface area contributed by atoms with Crippen LogP contribution in [0.4, 0.5) is 0 Å². The van der Waals surface area contributed by atoms with E-state index >= 15 is 0 Å². The van der Waals surface area contributed by atoms with Crippen molar-refractivity contribution in [3.05, 3.63) is 35.9 Å². The first kappa shape index (κ1) is 19.2. The van der Waals surface area contributed by atoms with E-state index in [1.54, 1.807) is 26.0 Å². The highest BCUT2D eigenvalue weighted by atomic mass is 16.5. The molecular weight excluding hydrogens is 292 g/mol. The molecule has 0 aliphatic rings. The number of rotatable bonds is 9. The molecule has 0 aromatic heterocycles. The third kappa shape index (κ3) is 4.57. The molecule has 0 aliphatic heterocycles. The highest BCUT2D eigenvalue weighted by molar-refractivity contribution is 5.83. The summed E-state index contributed by atoms with van der Waals surface area (Å²) in [6.45, 7) is 7.79. The van der Waals surface area contributed by atoms with Gasteiger partial charge in [-0.3, -0.25) is 9.59 Å². The van der Waals surface area contributed by atoms with Crippen molar-refractivity contribution in [1.82, 2.24) is 0 Å². The van der Waals surface area contributed by atoms with E-state index in [4.69, 9.17) is 4.74 Å². The number of hydrogen-bond donors (Lipinski definition) is 1. The summed E-state index contributed by atoms with van der Waals surface area (Å²) in [5.41, 5.74) is -1.25. The van der Waals surface area contributed by atoms with Crippen LogP contribution in [0.1, 0.15) is 58.9 Å². The zero-order valence-electron chi connectivity index (χ0n) is 14.6. The molecule has 0 saturated heterocycles. The Hall–Kier alpha value is -1.84. The van der Waals surface area contributed by atoms with E-state index in [1.165, 1.54) is 0 Å². The molecule has 0 spiro atoms. The van der Waals surface area contributed by atoms with Crippen molar-refractivity contribution in [2.45, 2.75) is 58.8 Å². The van der Waals surface area contributed by atoms with Crippen LogP contribution in [0.5, 0.6) is 0 Å². The zero-order valence-corrected chi connectivity index (χ0v) is 14.6. The van der Waals surface area contributed by atoms with Crippen LogP contribution in [0.3, 0.4) is 0 Å². The van der Waals surface area contributed by atoms with Gasteiger partial charge in [-0.1, -0.05) is 50.6 Å². The third-order valence-corrected chi connectivity index (χ3v) is 4.63. The largest absolute Gasteiger partial charge is 0.481 e. The maximum absolute atomic E-state index is 12.5. The van der Waals surface area contributed by atoms with Gasteiger partial charge in [-0.05, 0) is 38.7 Å². The first-order chi connectivity index (χ1) is 10.8. The highest BCUT2D eigenvalue weighted by Crippen LogP contribution is 2.40. The van der Waals surface area contributed by atoms with E-state index in [9.17, 15) is 14.7 Å². The van der Waals surface area contributed by atoms with E-state index in [0.717, 1.165) is 12.8 Å². The van der Waals surface area contributed by atoms with Crippen LogP contribution in [0.2, 0.25) is 0 Å². The maximum atomic E-state index is 12.5. The molecule has 4 heteroatoms. The Balaban J connectivity index is 3.05.